The Morgan fingerprint density at radius 1 is 1.41 bits per heavy atom. The molecular formula is C16H20F3NO2. The number of carbonyl (C=O) groups excluding carboxylic acids is 1. The van der Waals surface area contributed by atoms with E-state index in [2.05, 4.69) is 0 Å². The molecule has 3 nitrogen and oxygen atoms in total. The van der Waals surface area contributed by atoms with Crippen molar-refractivity contribution < 1.29 is 22.7 Å². The van der Waals surface area contributed by atoms with Crippen molar-refractivity contribution in [2.24, 2.45) is 5.92 Å². The summed E-state index contributed by atoms with van der Waals surface area (Å²) in [6.45, 7) is 1.89. The molecule has 1 unspecified atom stereocenters. The molecule has 0 radical (unpaired) electrons. The summed E-state index contributed by atoms with van der Waals surface area (Å²) in [4.78, 5) is 14.0. The second-order valence-corrected chi connectivity index (χ2v) is 5.68. The van der Waals surface area contributed by atoms with E-state index in [-0.39, 0.29) is 12.3 Å². The van der Waals surface area contributed by atoms with Gasteiger partial charge in [-0.1, -0.05) is 18.2 Å². The fourth-order valence-corrected chi connectivity index (χ4v) is 2.81. The Bertz CT molecular complexity index is 514. The molecule has 0 aromatic heterocycles. The first-order chi connectivity index (χ1) is 10.4. The number of likely N-dealkylation sites (tertiary alicyclic amines) is 1. The highest BCUT2D eigenvalue weighted by Gasteiger charge is 2.30. The van der Waals surface area contributed by atoms with Crippen molar-refractivity contribution in [3.8, 4) is 0 Å². The van der Waals surface area contributed by atoms with Gasteiger partial charge in [0.15, 0.2) is 0 Å². The quantitative estimate of drug-likeness (QED) is 0.854. The monoisotopic (exact) mass is 315 g/mol. The molecule has 1 heterocycles. The number of amides is 1. The van der Waals surface area contributed by atoms with Gasteiger partial charge < -0.3 is 9.64 Å². The Balaban J connectivity index is 1.99. The number of halogens is 3. The summed E-state index contributed by atoms with van der Waals surface area (Å²) in [6, 6.07) is 4.97. The second kappa shape index (κ2) is 7.13. The number of carbonyl (C=O) groups is 1. The number of benzene rings is 1. The normalized spacial score (nSPS) is 19.3. The maximum atomic E-state index is 12.7. The SMILES string of the molecule is COCC1CCCN(C(=O)Cc2cccc(C(F)(F)F)c2)C1. The topological polar surface area (TPSA) is 29.5 Å². The van der Waals surface area contributed by atoms with Crippen LogP contribution in [-0.4, -0.2) is 37.6 Å². The lowest BCUT2D eigenvalue weighted by Crippen LogP contribution is -2.41. The van der Waals surface area contributed by atoms with Gasteiger partial charge in [-0.15, -0.1) is 0 Å². The third kappa shape index (κ3) is 4.47. The number of nitrogens with zero attached hydrogens (tertiary/aromatic N) is 1. The van der Waals surface area contributed by atoms with E-state index in [1.54, 1.807) is 18.1 Å². The van der Waals surface area contributed by atoms with E-state index in [4.69, 9.17) is 4.74 Å². The highest BCUT2D eigenvalue weighted by atomic mass is 19.4. The van der Waals surface area contributed by atoms with E-state index in [0.717, 1.165) is 25.0 Å². The Kier molecular flexibility index (Phi) is 5.45. The van der Waals surface area contributed by atoms with Crippen molar-refractivity contribution in [2.45, 2.75) is 25.4 Å². The number of alkyl halides is 3. The molecule has 0 N–H and O–H groups in total. The van der Waals surface area contributed by atoms with Crippen LogP contribution in [0.4, 0.5) is 13.2 Å². The van der Waals surface area contributed by atoms with Gasteiger partial charge >= 0.3 is 6.18 Å². The van der Waals surface area contributed by atoms with E-state index in [1.165, 1.54) is 6.07 Å². The first-order valence-corrected chi connectivity index (χ1v) is 7.33. The lowest BCUT2D eigenvalue weighted by atomic mass is 9.98. The van der Waals surface area contributed by atoms with Gasteiger partial charge in [0.25, 0.3) is 0 Å². The van der Waals surface area contributed by atoms with Crippen LogP contribution in [0.1, 0.15) is 24.0 Å². The summed E-state index contributed by atoms with van der Waals surface area (Å²) in [7, 11) is 1.63. The minimum absolute atomic E-state index is 0.00359. The third-order valence-corrected chi connectivity index (χ3v) is 3.88. The average molecular weight is 315 g/mol. The minimum Gasteiger partial charge on any atom is -0.384 e. The van der Waals surface area contributed by atoms with Crippen LogP contribution in [0.15, 0.2) is 24.3 Å². The zero-order valence-corrected chi connectivity index (χ0v) is 12.5. The number of hydrogen-bond acceptors (Lipinski definition) is 2. The second-order valence-electron chi connectivity index (χ2n) is 5.68. The largest absolute Gasteiger partial charge is 0.416 e. The number of piperidine rings is 1. The smallest absolute Gasteiger partial charge is 0.384 e. The summed E-state index contributed by atoms with van der Waals surface area (Å²) in [5.74, 6) is 0.185. The molecule has 1 saturated heterocycles. The molecule has 122 valence electrons. The molecule has 0 saturated carbocycles. The van der Waals surface area contributed by atoms with Crippen LogP contribution in [0.3, 0.4) is 0 Å². The van der Waals surface area contributed by atoms with Crippen LogP contribution < -0.4 is 0 Å². The van der Waals surface area contributed by atoms with Gasteiger partial charge in [-0.25, -0.2) is 0 Å². The third-order valence-electron chi connectivity index (χ3n) is 3.88. The Morgan fingerprint density at radius 2 is 2.18 bits per heavy atom. The Labute approximate surface area is 128 Å². The lowest BCUT2D eigenvalue weighted by Gasteiger charge is -2.32. The molecule has 0 spiro atoms. The summed E-state index contributed by atoms with van der Waals surface area (Å²) in [6.07, 6.45) is -2.46. The van der Waals surface area contributed by atoms with E-state index < -0.39 is 11.7 Å². The molecule has 2 rings (SSSR count). The standard InChI is InChI=1S/C16H20F3NO2/c1-22-11-13-5-3-7-20(10-13)15(21)9-12-4-2-6-14(8-12)16(17,18)19/h2,4,6,8,13H,3,5,7,9-11H2,1H3. The molecular weight excluding hydrogens is 295 g/mol. The fraction of sp³-hybridized carbons (Fsp3) is 0.562. The van der Waals surface area contributed by atoms with Crippen molar-refractivity contribution in [1.82, 2.24) is 4.90 Å². The maximum Gasteiger partial charge on any atom is 0.416 e. The molecule has 0 bridgehead atoms. The van der Waals surface area contributed by atoms with Crippen LogP contribution in [-0.2, 0) is 22.1 Å². The fourth-order valence-electron chi connectivity index (χ4n) is 2.81. The van der Waals surface area contributed by atoms with Crippen LogP contribution in [0.25, 0.3) is 0 Å². The molecule has 1 amide bonds. The molecule has 1 aliphatic rings. The molecule has 22 heavy (non-hydrogen) atoms. The van der Waals surface area contributed by atoms with E-state index in [0.29, 0.717) is 31.2 Å². The van der Waals surface area contributed by atoms with Gasteiger partial charge in [0.2, 0.25) is 5.91 Å². The average Bonchev–Trinajstić information content (AvgIpc) is 2.47. The van der Waals surface area contributed by atoms with Crippen LogP contribution >= 0.6 is 0 Å². The molecule has 1 atom stereocenters. The predicted molar refractivity (Wildman–Crippen MR) is 76.3 cm³/mol. The van der Waals surface area contributed by atoms with Crippen molar-refractivity contribution >= 4 is 5.91 Å². The Morgan fingerprint density at radius 3 is 2.86 bits per heavy atom. The van der Waals surface area contributed by atoms with Gasteiger partial charge in [0.05, 0.1) is 18.6 Å². The van der Waals surface area contributed by atoms with Crippen molar-refractivity contribution in [1.29, 1.82) is 0 Å². The predicted octanol–water partition coefficient (Wildman–Crippen LogP) is 3.13. The van der Waals surface area contributed by atoms with Crippen molar-refractivity contribution in [3.05, 3.63) is 35.4 Å². The number of rotatable bonds is 4. The number of ether oxygens (including phenoxy) is 1. The van der Waals surface area contributed by atoms with Gasteiger partial charge in [0, 0.05) is 20.2 Å². The highest BCUT2D eigenvalue weighted by Crippen LogP contribution is 2.29. The number of hydrogen-bond donors (Lipinski definition) is 0. The van der Waals surface area contributed by atoms with Gasteiger partial charge in [0.1, 0.15) is 0 Å². The number of methoxy groups -OCH3 is 1. The Hall–Kier alpha value is -1.56. The summed E-state index contributed by atoms with van der Waals surface area (Å²) in [5, 5.41) is 0. The van der Waals surface area contributed by atoms with Crippen LogP contribution in [0.2, 0.25) is 0 Å². The van der Waals surface area contributed by atoms with E-state index in [9.17, 15) is 18.0 Å². The molecule has 1 aromatic carbocycles. The van der Waals surface area contributed by atoms with Crippen molar-refractivity contribution in [2.75, 3.05) is 26.8 Å². The summed E-state index contributed by atoms with van der Waals surface area (Å²) in [5.41, 5.74) is -0.317. The van der Waals surface area contributed by atoms with E-state index in [1.807, 2.05) is 0 Å². The first-order valence-electron chi connectivity index (χ1n) is 7.33. The van der Waals surface area contributed by atoms with Gasteiger partial charge in [-0.05, 0) is 30.4 Å². The van der Waals surface area contributed by atoms with Crippen LogP contribution in [0, 0.1) is 5.92 Å². The lowest BCUT2D eigenvalue weighted by molar-refractivity contribution is -0.138. The molecule has 1 fully saturated rings. The molecule has 0 aliphatic carbocycles. The zero-order chi connectivity index (χ0) is 16.2. The molecule has 1 aliphatic heterocycles. The van der Waals surface area contributed by atoms with E-state index >= 15 is 0 Å². The van der Waals surface area contributed by atoms with Gasteiger partial charge in [-0.3, -0.25) is 4.79 Å². The first kappa shape index (κ1) is 16.8. The van der Waals surface area contributed by atoms with Crippen LogP contribution in [0.5, 0.6) is 0 Å². The summed E-state index contributed by atoms with van der Waals surface area (Å²) >= 11 is 0. The van der Waals surface area contributed by atoms with Gasteiger partial charge in [-0.2, -0.15) is 13.2 Å². The highest BCUT2D eigenvalue weighted by molar-refractivity contribution is 5.79. The van der Waals surface area contributed by atoms with Crippen molar-refractivity contribution in [3.63, 3.8) is 0 Å². The maximum absolute atomic E-state index is 12.7. The summed E-state index contributed by atoms with van der Waals surface area (Å²) < 4.78 is 43.2. The molecule has 1 aromatic rings. The zero-order valence-electron chi connectivity index (χ0n) is 12.5. The molecule has 6 heteroatoms. The minimum atomic E-state index is -4.38.